The topological polar surface area (TPSA) is 158 Å². The summed E-state index contributed by atoms with van der Waals surface area (Å²) >= 11 is 0. The number of hydrogen-bond donors (Lipinski definition) is 4. The van der Waals surface area contributed by atoms with Crippen LogP contribution in [0.3, 0.4) is 0 Å². The zero-order valence-corrected chi connectivity index (χ0v) is 23.3. The summed E-state index contributed by atoms with van der Waals surface area (Å²) in [7, 11) is 1.42. The lowest BCUT2D eigenvalue weighted by atomic mass is 9.77. The Morgan fingerprint density at radius 3 is 2.67 bits per heavy atom. The predicted octanol–water partition coefficient (Wildman–Crippen LogP) is 1.66. The first kappa shape index (κ1) is 29.0. The van der Waals surface area contributed by atoms with Crippen LogP contribution in [0.15, 0.2) is 54.1 Å². The first-order chi connectivity index (χ1) is 20.3. The van der Waals surface area contributed by atoms with Gasteiger partial charge in [0.2, 0.25) is 11.7 Å². The molecule has 1 aliphatic heterocycles. The summed E-state index contributed by atoms with van der Waals surface area (Å²) in [5.74, 6) is -2.21. The minimum Gasteiger partial charge on any atom is -0.493 e. The summed E-state index contributed by atoms with van der Waals surface area (Å²) in [5, 5.41) is 24.7. The third-order valence-electron chi connectivity index (χ3n) is 7.80. The highest BCUT2D eigenvalue weighted by molar-refractivity contribution is 6.36. The van der Waals surface area contributed by atoms with E-state index >= 15 is 0 Å². The van der Waals surface area contributed by atoms with Gasteiger partial charge in [0.05, 0.1) is 25.7 Å². The SMILES string of the molecule is CCC(=O)C(=O)N(CCc1cc2ccccc2[nH]1)[C@@H]1C=C(C(=O)NCCO)[C@@H]2c3cc(C=O)cc(OC)c3O[C@@H]2[C@H]1O. The minimum atomic E-state index is -1.34. The van der Waals surface area contributed by atoms with Crippen molar-refractivity contribution in [3.63, 3.8) is 0 Å². The number of carbonyl (C=O) groups excluding carboxylic acids is 4. The van der Waals surface area contributed by atoms with Gasteiger partial charge in [-0.05, 0) is 35.7 Å². The van der Waals surface area contributed by atoms with Crippen molar-refractivity contribution >= 4 is 34.8 Å². The summed E-state index contributed by atoms with van der Waals surface area (Å²) in [5.41, 5.74) is 2.72. The summed E-state index contributed by atoms with van der Waals surface area (Å²) < 4.78 is 11.6. The van der Waals surface area contributed by atoms with E-state index in [1.54, 1.807) is 13.0 Å². The lowest BCUT2D eigenvalue weighted by Crippen LogP contribution is -2.57. The molecule has 2 heterocycles. The van der Waals surface area contributed by atoms with Crippen LogP contribution in [0.25, 0.3) is 10.9 Å². The van der Waals surface area contributed by atoms with Crippen LogP contribution in [0.5, 0.6) is 11.5 Å². The molecule has 0 bridgehead atoms. The largest absolute Gasteiger partial charge is 0.493 e. The van der Waals surface area contributed by atoms with Gasteiger partial charge in [0.1, 0.15) is 18.5 Å². The van der Waals surface area contributed by atoms with Gasteiger partial charge in [0.25, 0.3) is 5.91 Å². The molecule has 11 heteroatoms. The van der Waals surface area contributed by atoms with E-state index in [1.165, 1.54) is 24.2 Å². The molecule has 4 atom stereocenters. The number of aromatic nitrogens is 1. The molecular weight excluding hydrogens is 542 g/mol. The third kappa shape index (κ3) is 5.28. The van der Waals surface area contributed by atoms with E-state index in [0.29, 0.717) is 23.8 Å². The number of ether oxygens (including phenoxy) is 2. The Hall–Kier alpha value is -4.48. The molecule has 0 saturated carbocycles. The number of aliphatic hydroxyl groups is 2. The number of aldehydes is 1. The molecule has 11 nitrogen and oxygen atoms in total. The van der Waals surface area contributed by atoms with Crippen molar-refractivity contribution in [3.05, 3.63) is 70.9 Å². The van der Waals surface area contributed by atoms with Crippen molar-refractivity contribution in [3.8, 4) is 11.5 Å². The van der Waals surface area contributed by atoms with Gasteiger partial charge in [-0.25, -0.2) is 0 Å². The average Bonchev–Trinajstić information content (AvgIpc) is 3.61. The maximum absolute atomic E-state index is 13.4. The Kier molecular flexibility index (Phi) is 8.41. The Morgan fingerprint density at radius 1 is 1.19 bits per heavy atom. The third-order valence-corrected chi connectivity index (χ3v) is 7.80. The number of nitrogens with zero attached hydrogens (tertiary/aromatic N) is 1. The second-order valence-corrected chi connectivity index (χ2v) is 10.3. The number of ketones is 1. The number of methoxy groups -OCH3 is 1. The number of Topliss-reactive ketones (excluding diaryl/α,β-unsaturated/α-hetero) is 1. The van der Waals surface area contributed by atoms with Crippen molar-refractivity contribution in [1.29, 1.82) is 0 Å². The molecule has 2 aliphatic rings. The molecule has 3 aromatic rings. The number of carbonyl (C=O) groups is 4. The van der Waals surface area contributed by atoms with Crippen LogP contribution in [0.4, 0.5) is 0 Å². The molecule has 220 valence electrons. The van der Waals surface area contributed by atoms with Crippen molar-refractivity contribution in [1.82, 2.24) is 15.2 Å². The van der Waals surface area contributed by atoms with E-state index in [2.05, 4.69) is 10.3 Å². The normalized spacial score (nSPS) is 20.6. The number of hydrogen-bond acceptors (Lipinski definition) is 8. The number of aliphatic hydroxyl groups excluding tert-OH is 2. The predicted molar refractivity (Wildman–Crippen MR) is 153 cm³/mol. The lowest BCUT2D eigenvalue weighted by molar-refractivity contribution is -0.148. The highest BCUT2D eigenvalue weighted by atomic mass is 16.5. The molecule has 0 fully saturated rings. The van der Waals surface area contributed by atoms with Gasteiger partial charge in [-0.15, -0.1) is 0 Å². The number of H-pyrrole nitrogens is 1. The van der Waals surface area contributed by atoms with Gasteiger partial charge in [-0.1, -0.05) is 25.1 Å². The molecule has 2 amide bonds. The molecule has 0 spiro atoms. The number of aromatic amines is 1. The van der Waals surface area contributed by atoms with Crippen LogP contribution >= 0.6 is 0 Å². The van der Waals surface area contributed by atoms with E-state index < -0.39 is 41.8 Å². The Labute approximate surface area is 242 Å². The lowest BCUT2D eigenvalue weighted by Gasteiger charge is -2.40. The van der Waals surface area contributed by atoms with Crippen LogP contribution in [0.1, 0.15) is 40.9 Å². The maximum Gasteiger partial charge on any atom is 0.290 e. The number of fused-ring (bicyclic) bond motifs is 4. The minimum absolute atomic E-state index is 0.0243. The van der Waals surface area contributed by atoms with Gasteiger partial charge in [0.15, 0.2) is 11.5 Å². The number of amides is 2. The van der Waals surface area contributed by atoms with Crippen LogP contribution < -0.4 is 14.8 Å². The molecule has 1 aromatic heterocycles. The van der Waals surface area contributed by atoms with Crippen molar-refractivity contribution < 1.29 is 38.9 Å². The zero-order valence-electron chi connectivity index (χ0n) is 23.3. The highest BCUT2D eigenvalue weighted by Gasteiger charge is 2.51. The summed E-state index contributed by atoms with van der Waals surface area (Å²) in [6, 6.07) is 11.7. The summed E-state index contributed by atoms with van der Waals surface area (Å²) in [4.78, 5) is 55.8. The Balaban J connectivity index is 1.56. The molecule has 4 N–H and O–H groups in total. The fraction of sp³-hybridized carbons (Fsp3) is 0.355. The van der Waals surface area contributed by atoms with Gasteiger partial charge in [-0.3, -0.25) is 19.2 Å². The molecule has 42 heavy (non-hydrogen) atoms. The van der Waals surface area contributed by atoms with Gasteiger partial charge in [-0.2, -0.15) is 0 Å². The molecule has 0 radical (unpaired) electrons. The van der Waals surface area contributed by atoms with Crippen molar-refractivity contribution in [2.24, 2.45) is 0 Å². The smallest absolute Gasteiger partial charge is 0.290 e. The first-order valence-corrected chi connectivity index (χ1v) is 13.8. The quantitative estimate of drug-likeness (QED) is 0.199. The fourth-order valence-corrected chi connectivity index (χ4v) is 5.77. The standard InChI is InChI=1S/C31H33N3O8/c1-3-24(37)31(40)34(10-8-19-14-18-6-4-5-7-22(18)33-19)23-15-21(30(39)32-9-11-35)26-20-12-17(16-36)13-25(41-2)28(20)42-29(26)27(23)38/h4-7,12-16,23,26-27,29,33,35,38H,3,8-11H2,1-2H3,(H,32,39)/t23-,26+,27+,29+/m1/s1. The van der Waals surface area contributed by atoms with E-state index in [4.69, 9.17) is 9.47 Å². The van der Waals surface area contributed by atoms with Gasteiger partial charge < -0.3 is 34.9 Å². The molecular formula is C31H33N3O8. The number of rotatable bonds is 11. The second kappa shape index (κ2) is 12.2. The Bertz CT molecular complexity index is 1530. The molecule has 1 aliphatic carbocycles. The fourth-order valence-electron chi connectivity index (χ4n) is 5.77. The number of benzene rings is 2. The summed E-state index contributed by atoms with van der Waals surface area (Å²) in [6.07, 6.45) is 0.0969. The zero-order chi connectivity index (χ0) is 30.0. The van der Waals surface area contributed by atoms with Crippen LogP contribution in [-0.2, 0) is 20.8 Å². The first-order valence-electron chi connectivity index (χ1n) is 13.8. The van der Waals surface area contributed by atoms with Crippen LogP contribution in [0, 0.1) is 0 Å². The van der Waals surface area contributed by atoms with E-state index in [0.717, 1.165) is 16.6 Å². The monoisotopic (exact) mass is 575 g/mol. The molecule has 0 saturated heterocycles. The second-order valence-electron chi connectivity index (χ2n) is 10.3. The highest BCUT2D eigenvalue weighted by Crippen LogP contribution is 2.51. The van der Waals surface area contributed by atoms with E-state index in [1.807, 2.05) is 30.3 Å². The molecule has 2 aromatic carbocycles. The van der Waals surface area contributed by atoms with E-state index in [9.17, 15) is 29.4 Å². The molecule has 0 unspecified atom stereocenters. The van der Waals surface area contributed by atoms with Gasteiger partial charge >= 0.3 is 0 Å². The average molecular weight is 576 g/mol. The van der Waals surface area contributed by atoms with Crippen LogP contribution in [-0.4, -0.2) is 89.0 Å². The summed E-state index contributed by atoms with van der Waals surface area (Å²) in [6.45, 7) is 1.34. The molecule has 5 rings (SSSR count). The number of nitrogens with one attached hydrogen (secondary N) is 2. The van der Waals surface area contributed by atoms with Gasteiger partial charge in [0, 0.05) is 53.8 Å². The van der Waals surface area contributed by atoms with E-state index in [-0.39, 0.29) is 43.2 Å². The van der Waals surface area contributed by atoms with Crippen molar-refractivity contribution in [2.75, 3.05) is 26.8 Å². The maximum atomic E-state index is 13.4. The van der Waals surface area contributed by atoms with Crippen molar-refractivity contribution in [2.45, 2.75) is 43.9 Å². The Morgan fingerprint density at radius 2 is 1.98 bits per heavy atom. The number of para-hydroxylation sites is 1. The van der Waals surface area contributed by atoms with Crippen LogP contribution in [0.2, 0.25) is 0 Å².